The van der Waals surface area contributed by atoms with Crippen LogP contribution in [0.2, 0.25) is 0 Å². The van der Waals surface area contributed by atoms with Gasteiger partial charge in [0.1, 0.15) is 5.82 Å². The SMILES string of the molecule is Cc1c(C(C)C(=O)NCC(C)C(=O)O)c2c(F)c(O)c(F)cc2n1C(=O)c1cccc(F)c1. The summed E-state index contributed by atoms with van der Waals surface area (Å²) in [6.45, 7) is 4.01. The normalized spacial score (nSPS) is 13.0. The number of aliphatic carboxylic acids is 1. The number of hydrogen-bond donors (Lipinski definition) is 3. The summed E-state index contributed by atoms with van der Waals surface area (Å²) >= 11 is 0. The highest BCUT2D eigenvalue weighted by Crippen LogP contribution is 2.38. The minimum atomic E-state index is -1.35. The molecule has 0 spiro atoms. The van der Waals surface area contributed by atoms with Gasteiger partial charge >= 0.3 is 5.97 Å². The fourth-order valence-corrected chi connectivity index (χ4v) is 3.68. The summed E-state index contributed by atoms with van der Waals surface area (Å²) in [5.41, 5.74) is -0.258. The third kappa shape index (κ3) is 4.28. The third-order valence-corrected chi connectivity index (χ3v) is 5.51. The second-order valence-corrected chi connectivity index (χ2v) is 7.77. The standard InChI is InChI=1S/C23H21F3N2O5/c1-10(23(32)33)9-27-21(30)11(2)17-12(3)28(22(31)13-5-4-6-14(24)7-13)16-8-15(25)20(29)19(26)18(16)17/h4-8,10-11,29H,9H2,1-3H3,(H,27,30)(H,32,33). The summed E-state index contributed by atoms with van der Waals surface area (Å²) in [4.78, 5) is 36.9. The van der Waals surface area contributed by atoms with Crippen LogP contribution in [0.15, 0.2) is 30.3 Å². The molecule has 1 amide bonds. The lowest BCUT2D eigenvalue weighted by Crippen LogP contribution is -2.34. The Bertz CT molecular complexity index is 1290. The number of aromatic nitrogens is 1. The number of nitrogens with one attached hydrogen (secondary N) is 1. The van der Waals surface area contributed by atoms with Crippen LogP contribution in [-0.2, 0) is 9.59 Å². The lowest BCUT2D eigenvalue weighted by atomic mass is 9.96. The van der Waals surface area contributed by atoms with Crippen molar-refractivity contribution in [2.45, 2.75) is 26.7 Å². The van der Waals surface area contributed by atoms with Gasteiger partial charge in [0.25, 0.3) is 5.91 Å². The Hall–Kier alpha value is -3.82. The van der Waals surface area contributed by atoms with E-state index >= 15 is 4.39 Å². The molecule has 0 fully saturated rings. The molecule has 174 valence electrons. The Balaban J connectivity index is 2.18. The van der Waals surface area contributed by atoms with E-state index in [9.17, 15) is 28.3 Å². The van der Waals surface area contributed by atoms with E-state index in [4.69, 9.17) is 5.11 Å². The number of phenols is 1. The smallest absolute Gasteiger partial charge is 0.308 e. The molecule has 3 aromatic rings. The molecule has 1 aromatic heterocycles. The van der Waals surface area contributed by atoms with Crippen LogP contribution < -0.4 is 5.32 Å². The number of phenolic OH excluding ortho intramolecular Hbond substituents is 1. The topological polar surface area (TPSA) is 109 Å². The minimum Gasteiger partial charge on any atom is -0.503 e. The van der Waals surface area contributed by atoms with E-state index in [1.807, 2.05) is 0 Å². The van der Waals surface area contributed by atoms with Crippen molar-refractivity contribution in [3.05, 3.63) is 64.6 Å². The van der Waals surface area contributed by atoms with E-state index in [0.717, 1.165) is 22.8 Å². The number of nitrogens with zero attached hydrogens (tertiary/aromatic N) is 1. The van der Waals surface area contributed by atoms with Crippen molar-refractivity contribution >= 4 is 28.7 Å². The van der Waals surface area contributed by atoms with Crippen LogP contribution in [-0.4, -0.2) is 39.1 Å². The molecule has 7 nitrogen and oxygen atoms in total. The Morgan fingerprint density at radius 3 is 2.39 bits per heavy atom. The first-order valence-electron chi connectivity index (χ1n) is 9.98. The molecule has 0 saturated heterocycles. The van der Waals surface area contributed by atoms with Gasteiger partial charge in [-0.1, -0.05) is 13.0 Å². The maximum atomic E-state index is 15.0. The highest BCUT2D eigenvalue weighted by Gasteiger charge is 2.31. The number of carboxylic acid groups (broad SMARTS) is 1. The molecule has 3 rings (SSSR count). The summed E-state index contributed by atoms with van der Waals surface area (Å²) in [5.74, 6) is -9.19. The molecule has 2 aromatic carbocycles. The molecule has 0 aliphatic carbocycles. The predicted octanol–water partition coefficient (Wildman–Crippen LogP) is 3.70. The molecular weight excluding hydrogens is 441 g/mol. The highest BCUT2D eigenvalue weighted by molar-refractivity contribution is 6.05. The molecule has 1 heterocycles. The fourth-order valence-electron chi connectivity index (χ4n) is 3.68. The largest absolute Gasteiger partial charge is 0.503 e. The number of hydrogen-bond acceptors (Lipinski definition) is 4. The molecule has 0 aliphatic rings. The van der Waals surface area contributed by atoms with Crippen LogP contribution in [0.3, 0.4) is 0 Å². The number of fused-ring (bicyclic) bond motifs is 1. The first-order chi connectivity index (χ1) is 15.5. The molecule has 0 saturated carbocycles. The van der Waals surface area contributed by atoms with E-state index in [1.54, 1.807) is 0 Å². The molecule has 0 aliphatic heterocycles. The fraction of sp³-hybridized carbons (Fsp3) is 0.261. The summed E-state index contributed by atoms with van der Waals surface area (Å²) < 4.78 is 43.8. The van der Waals surface area contributed by atoms with Crippen molar-refractivity contribution in [2.24, 2.45) is 5.92 Å². The minimum absolute atomic E-state index is 0.00281. The number of rotatable bonds is 6. The van der Waals surface area contributed by atoms with Gasteiger partial charge < -0.3 is 15.5 Å². The summed E-state index contributed by atoms with van der Waals surface area (Å²) in [6, 6.07) is 5.48. The third-order valence-electron chi connectivity index (χ3n) is 5.51. The van der Waals surface area contributed by atoms with Crippen LogP contribution in [0, 0.1) is 30.3 Å². The van der Waals surface area contributed by atoms with E-state index in [0.29, 0.717) is 0 Å². The van der Waals surface area contributed by atoms with E-state index in [1.165, 1.54) is 32.9 Å². The van der Waals surface area contributed by atoms with E-state index < -0.39 is 52.8 Å². The average Bonchev–Trinajstić information content (AvgIpc) is 3.06. The van der Waals surface area contributed by atoms with E-state index in [2.05, 4.69) is 5.32 Å². The van der Waals surface area contributed by atoms with Crippen LogP contribution >= 0.6 is 0 Å². The molecule has 33 heavy (non-hydrogen) atoms. The number of benzene rings is 2. The van der Waals surface area contributed by atoms with Gasteiger partial charge in [-0.3, -0.25) is 19.0 Å². The maximum absolute atomic E-state index is 15.0. The average molecular weight is 462 g/mol. The highest BCUT2D eigenvalue weighted by atomic mass is 19.1. The second-order valence-electron chi connectivity index (χ2n) is 7.77. The Morgan fingerprint density at radius 2 is 1.79 bits per heavy atom. The molecule has 3 N–H and O–H groups in total. The van der Waals surface area contributed by atoms with Crippen molar-refractivity contribution in [2.75, 3.05) is 6.54 Å². The van der Waals surface area contributed by atoms with Crippen LogP contribution in [0.5, 0.6) is 5.75 Å². The lowest BCUT2D eigenvalue weighted by molar-refractivity contribution is -0.141. The van der Waals surface area contributed by atoms with Gasteiger partial charge in [0.05, 0.1) is 17.4 Å². The zero-order chi connectivity index (χ0) is 24.6. The first-order valence-corrected chi connectivity index (χ1v) is 9.98. The Labute approximate surface area is 186 Å². The molecular formula is C23H21F3N2O5. The zero-order valence-corrected chi connectivity index (χ0v) is 17.9. The summed E-state index contributed by atoms with van der Waals surface area (Å²) in [5, 5.41) is 20.9. The second kappa shape index (κ2) is 8.97. The number of carboxylic acids is 1. The van der Waals surface area contributed by atoms with Crippen molar-refractivity contribution in [1.29, 1.82) is 0 Å². The van der Waals surface area contributed by atoms with Crippen molar-refractivity contribution in [3.8, 4) is 5.75 Å². The van der Waals surface area contributed by atoms with Crippen molar-refractivity contribution < 1.29 is 37.8 Å². The van der Waals surface area contributed by atoms with Gasteiger partial charge in [-0.15, -0.1) is 0 Å². The quantitative estimate of drug-likeness (QED) is 0.518. The van der Waals surface area contributed by atoms with Crippen LogP contribution in [0.25, 0.3) is 10.9 Å². The number of amides is 1. The maximum Gasteiger partial charge on any atom is 0.308 e. The van der Waals surface area contributed by atoms with Gasteiger partial charge in [0, 0.05) is 29.3 Å². The van der Waals surface area contributed by atoms with Crippen molar-refractivity contribution in [1.82, 2.24) is 9.88 Å². The predicted molar refractivity (Wildman–Crippen MR) is 113 cm³/mol. The Kier molecular flexibility index (Phi) is 6.48. The molecule has 2 unspecified atom stereocenters. The number of halogens is 3. The molecule has 10 heteroatoms. The molecule has 0 radical (unpaired) electrons. The molecule has 2 atom stereocenters. The van der Waals surface area contributed by atoms with Gasteiger partial charge in [-0.05, 0) is 37.6 Å². The number of aromatic hydroxyl groups is 1. The van der Waals surface area contributed by atoms with Crippen LogP contribution in [0.4, 0.5) is 13.2 Å². The van der Waals surface area contributed by atoms with Gasteiger partial charge in [-0.2, -0.15) is 0 Å². The van der Waals surface area contributed by atoms with Crippen LogP contribution in [0.1, 0.15) is 41.4 Å². The lowest BCUT2D eigenvalue weighted by Gasteiger charge is -2.15. The monoisotopic (exact) mass is 462 g/mol. The number of carbonyl (C=O) groups excluding carboxylic acids is 2. The Morgan fingerprint density at radius 1 is 1.12 bits per heavy atom. The first kappa shape index (κ1) is 23.8. The molecule has 0 bridgehead atoms. The summed E-state index contributed by atoms with van der Waals surface area (Å²) in [7, 11) is 0. The van der Waals surface area contributed by atoms with Gasteiger partial charge in [0.15, 0.2) is 17.4 Å². The summed E-state index contributed by atoms with van der Waals surface area (Å²) in [6.07, 6.45) is 0. The zero-order valence-electron chi connectivity index (χ0n) is 17.9. The number of carbonyl (C=O) groups is 3. The van der Waals surface area contributed by atoms with Crippen molar-refractivity contribution in [3.63, 3.8) is 0 Å². The van der Waals surface area contributed by atoms with E-state index in [-0.39, 0.29) is 34.3 Å². The van der Waals surface area contributed by atoms with Gasteiger partial charge in [0.2, 0.25) is 5.91 Å². The van der Waals surface area contributed by atoms with Gasteiger partial charge in [-0.25, -0.2) is 13.2 Å².